The summed E-state index contributed by atoms with van der Waals surface area (Å²) in [5, 5.41) is 3.96. The molecule has 0 bridgehead atoms. The molecule has 0 fully saturated rings. The van der Waals surface area contributed by atoms with Crippen LogP contribution in [-0.4, -0.2) is 18.2 Å². The Hall–Kier alpha value is -4.21. The van der Waals surface area contributed by atoms with Gasteiger partial charge in [0.15, 0.2) is 5.76 Å². The lowest BCUT2D eigenvalue weighted by Gasteiger charge is -2.09. The molecule has 0 saturated carbocycles. The highest BCUT2D eigenvalue weighted by Gasteiger charge is 2.29. The van der Waals surface area contributed by atoms with Gasteiger partial charge in [-0.15, -0.1) is 0 Å². The topological polar surface area (TPSA) is 61.6 Å². The predicted octanol–water partition coefficient (Wildman–Crippen LogP) is 5.93. The van der Waals surface area contributed by atoms with Crippen LogP contribution in [0.5, 0.6) is 11.5 Å². The van der Waals surface area contributed by atoms with E-state index in [0.29, 0.717) is 22.8 Å². The molecule has 0 aliphatic rings. The molecule has 5 nitrogen and oxygen atoms in total. The zero-order valence-electron chi connectivity index (χ0n) is 16.7. The third-order valence-electron chi connectivity index (χ3n) is 4.67. The van der Waals surface area contributed by atoms with E-state index in [-0.39, 0.29) is 5.56 Å². The van der Waals surface area contributed by atoms with Crippen LogP contribution < -0.4 is 9.47 Å². The zero-order valence-corrected chi connectivity index (χ0v) is 16.7. The van der Waals surface area contributed by atoms with Gasteiger partial charge in [-0.25, -0.2) is 18.0 Å². The Morgan fingerprint density at radius 2 is 1.33 bits per heavy atom. The lowest BCUT2D eigenvalue weighted by Crippen LogP contribution is -2.13. The average molecular weight is 461 g/mol. The van der Waals surface area contributed by atoms with Gasteiger partial charge in [0, 0.05) is 17.2 Å². The smallest absolute Gasteiger partial charge is 0.343 e. The van der Waals surface area contributed by atoms with E-state index in [9.17, 15) is 26.7 Å². The highest BCUT2D eigenvalue weighted by molar-refractivity contribution is 5.91. The third-order valence-corrected chi connectivity index (χ3v) is 4.67. The Labute approximate surface area is 183 Å². The van der Waals surface area contributed by atoms with Crippen LogP contribution in [0.2, 0.25) is 0 Å². The molecule has 0 amide bonds. The normalized spacial score (nSPS) is 10.8. The summed E-state index contributed by atoms with van der Waals surface area (Å²) in [6.07, 6.45) is 0. The van der Waals surface area contributed by atoms with Gasteiger partial charge in [0.2, 0.25) is 34.8 Å². The predicted molar refractivity (Wildman–Crippen MR) is 105 cm³/mol. The maximum atomic E-state index is 13.7. The molecule has 0 atom stereocenters. The van der Waals surface area contributed by atoms with Crippen molar-refractivity contribution in [3.63, 3.8) is 0 Å². The number of ether oxygens (including phenoxy) is 2. The molecule has 0 unspecified atom stereocenters. The number of methoxy groups -OCH3 is 1. The molecule has 33 heavy (non-hydrogen) atoms. The van der Waals surface area contributed by atoms with Gasteiger partial charge in [0.1, 0.15) is 11.4 Å². The van der Waals surface area contributed by atoms with Crippen LogP contribution >= 0.6 is 0 Å². The van der Waals surface area contributed by atoms with Gasteiger partial charge in [-0.3, -0.25) is 0 Å². The summed E-state index contributed by atoms with van der Waals surface area (Å²) in [5.41, 5.74) is 1.52. The molecule has 3 aromatic carbocycles. The fourth-order valence-corrected chi connectivity index (χ4v) is 2.91. The first-order valence-corrected chi connectivity index (χ1v) is 9.25. The summed E-state index contributed by atoms with van der Waals surface area (Å²) in [6, 6.07) is 14.1. The Kier molecular flexibility index (Phi) is 5.82. The zero-order chi connectivity index (χ0) is 23.7. The van der Waals surface area contributed by atoms with Gasteiger partial charge in [0.25, 0.3) is 0 Å². The summed E-state index contributed by atoms with van der Waals surface area (Å²) >= 11 is 0. The van der Waals surface area contributed by atoms with Crippen LogP contribution in [0, 0.1) is 29.1 Å². The standard InChI is InChI=1S/C23H12F5NO4/c1-31-14-8-6-12(7-9-14)16-10-15(29-33-16)11-2-4-13(5-3-11)23(30)32-22-20(27)18(25)17(24)19(26)21(22)28/h2-10H,1H3. The molecule has 0 aliphatic heterocycles. The van der Waals surface area contributed by atoms with Crippen LogP contribution in [0.1, 0.15) is 10.4 Å². The second-order valence-corrected chi connectivity index (χ2v) is 6.67. The SMILES string of the molecule is COc1ccc(-c2cc(-c3ccc(C(=O)Oc4c(F)c(F)c(F)c(F)c4F)cc3)no2)cc1. The van der Waals surface area contributed by atoms with Crippen molar-refractivity contribution in [2.75, 3.05) is 7.11 Å². The van der Waals surface area contributed by atoms with Crippen molar-refractivity contribution in [1.82, 2.24) is 5.16 Å². The fraction of sp³-hybridized carbons (Fsp3) is 0.0435. The fourth-order valence-electron chi connectivity index (χ4n) is 2.91. The molecule has 0 radical (unpaired) electrons. The Morgan fingerprint density at radius 3 is 1.91 bits per heavy atom. The Balaban J connectivity index is 1.53. The molecular weight excluding hydrogens is 449 g/mol. The van der Waals surface area contributed by atoms with Gasteiger partial charge in [-0.05, 0) is 36.4 Å². The monoisotopic (exact) mass is 461 g/mol. The van der Waals surface area contributed by atoms with E-state index in [1.165, 1.54) is 24.3 Å². The lowest BCUT2D eigenvalue weighted by molar-refractivity contribution is 0.0716. The number of halogens is 5. The van der Waals surface area contributed by atoms with Gasteiger partial charge < -0.3 is 14.0 Å². The molecule has 0 saturated heterocycles. The Morgan fingerprint density at radius 1 is 0.788 bits per heavy atom. The quantitative estimate of drug-likeness (QED) is 0.121. The first-order chi connectivity index (χ1) is 15.8. The largest absolute Gasteiger partial charge is 0.497 e. The molecular formula is C23H12F5NO4. The van der Waals surface area contributed by atoms with E-state index < -0.39 is 40.8 Å². The summed E-state index contributed by atoms with van der Waals surface area (Å²) in [6.45, 7) is 0. The molecule has 0 N–H and O–H groups in total. The third kappa shape index (κ3) is 4.14. The van der Waals surface area contributed by atoms with Gasteiger partial charge in [-0.1, -0.05) is 17.3 Å². The van der Waals surface area contributed by atoms with Gasteiger partial charge >= 0.3 is 5.97 Å². The maximum absolute atomic E-state index is 13.7. The molecule has 4 rings (SSSR count). The van der Waals surface area contributed by atoms with Crippen molar-refractivity contribution in [1.29, 1.82) is 0 Å². The van der Waals surface area contributed by atoms with E-state index in [0.717, 1.165) is 5.56 Å². The average Bonchev–Trinajstić information content (AvgIpc) is 3.34. The molecule has 168 valence electrons. The summed E-state index contributed by atoms with van der Waals surface area (Å²) in [4.78, 5) is 12.2. The summed E-state index contributed by atoms with van der Waals surface area (Å²) < 4.78 is 82.0. The minimum absolute atomic E-state index is 0.193. The first-order valence-electron chi connectivity index (χ1n) is 9.25. The van der Waals surface area contributed by atoms with Crippen molar-refractivity contribution in [3.8, 4) is 34.1 Å². The number of hydrogen-bond acceptors (Lipinski definition) is 5. The molecule has 1 aromatic heterocycles. The van der Waals surface area contributed by atoms with Gasteiger partial charge in [-0.2, -0.15) is 8.78 Å². The second kappa shape index (κ2) is 8.73. The van der Waals surface area contributed by atoms with Gasteiger partial charge in [0.05, 0.1) is 12.7 Å². The van der Waals surface area contributed by atoms with Crippen molar-refractivity contribution < 1.29 is 40.7 Å². The number of carbonyl (C=O) groups excluding carboxylic acids is 1. The number of hydrogen-bond donors (Lipinski definition) is 0. The number of aromatic nitrogens is 1. The van der Waals surface area contributed by atoms with E-state index in [1.807, 2.05) is 0 Å². The van der Waals surface area contributed by atoms with Crippen LogP contribution in [0.25, 0.3) is 22.6 Å². The Bertz CT molecular complexity index is 1310. The molecule has 0 spiro atoms. The van der Waals surface area contributed by atoms with E-state index >= 15 is 0 Å². The van der Waals surface area contributed by atoms with Crippen molar-refractivity contribution >= 4 is 5.97 Å². The number of esters is 1. The van der Waals surface area contributed by atoms with E-state index in [1.54, 1.807) is 37.4 Å². The molecule has 10 heteroatoms. The van der Waals surface area contributed by atoms with Crippen molar-refractivity contribution in [2.45, 2.75) is 0 Å². The lowest BCUT2D eigenvalue weighted by atomic mass is 10.1. The minimum Gasteiger partial charge on any atom is -0.497 e. The highest BCUT2D eigenvalue weighted by Crippen LogP contribution is 2.31. The van der Waals surface area contributed by atoms with Crippen molar-refractivity contribution in [3.05, 3.63) is 89.2 Å². The number of benzene rings is 3. The molecule has 1 heterocycles. The van der Waals surface area contributed by atoms with E-state index in [2.05, 4.69) is 9.89 Å². The summed E-state index contributed by atoms with van der Waals surface area (Å²) in [7, 11) is 1.55. The highest BCUT2D eigenvalue weighted by atomic mass is 19.2. The number of nitrogens with zero attached hydrogens (tertiary/aromatic N) is 1. The minimum atomic E-state index is -2.35. The second-order valence-electron chi connectivity index (χ2n) is 6.67. The first kappa shape index (κ1) is 22.0. The van der Waals surface area contributed by atoms with Crippen LogP contribution in [-0.2, 0) is 0 Å². The number of rotatable bonds is 5. The van der Waals surface area contributed by atoms with Crippen LogP contribution in [0.4, 0.5) is 22.0 Å². The van der Waals surface area contributed by atoms with Crippen LogP contribution in [0.15, 0.2) is 59.1 Å². The van der Waals surface area contributed by atoms with Crippen LogP contribution in [0.3, 0.4) is 0 Å². The number of carbonyl (C=O) groups is 1. The maximum Gasteiger partial charge on any atom is 0.343 e. The van der Waals surface area contributed by atoms with Crippen molar-refractivity contribution in [2.24, 2.45) is 0 Å². The summed E-state index contributed by atoms with van der Waals surface area (Å²) in [5.74, 6) is -13.1. The molecule has 4 aromatic rings. The van der Waals surface area contributed by atoms with E-state index in [4.69, 9.17) is 9.26 Å². The molecule has 0 aliphatic carbocycles.